The predicted octanol–water partition coefficient (Wildman–Crippen LogP) is 2.11. The third-order valence-corrected chi connectivity index (χ3v) is 6.18. The molecule has 0 radical (unpaired) electrons. The van der Waals surface area contributed by atoms with E-state index in [1.54, 1.807) is 9.80 Å². The Kier molecular flexibility index (Phi) is 6.48. The molecule has 1 aromatic heterocycles. The number of nitrogens with zero attached hydrogens (tertiary/aromatic N) is 4. The summed E-state index contributed by atoms with van der Waals surface area (Å²) in [7, 11) is 0. The van der Waals surface area contributed by atoms with Gasteiger partial charge < -0.3 is 10.2 Å². The molecule has 1 aromatic carbocycles. The molecule has 1 saturated heterocycles. The van der Waals surface area contributed by atoms with Crippen molar-refractivity contribution in [2.75, 3.05) is 24.5 Å². The second-order valence-electron chi connectivity index (χ2n) is 8.41. The minimum atomic E-state index is -0.242. The van der Waals surface area contributed by atoms with E-state index in [0.29, 0.717) is 37.6 Å². The van der Waals surface area contributed by atoms with Gasteiger partial charge in [0, 0.05) is 37.7 Å². The minimum Gasteiger partial charge on any atom is -0.347 e. The first-order chi connectivity index (χ1) is 15.4. The van der Waals surface area contributed by atoms with Crippen LogP contribution in [0.2, 0.25) is 0 Å². The standard InChI is InChI=1S/C24H29N5O3/c1-16-19-10-11-21(31)29(14-12-18-7-4-3-5-8-18)24(19)27-23(26-16)20-9-6-13-28(20)22(32)15-25-17(2)30/h3-5,7-8,20H,6,9-15H2,1-2H3,(H,25,30). The number of hydrogen-bond donors (Lipinski definition) is 1. The van der Waals surface area contributed by atoms with Gasteiger partial charge in [0.15, 0.2) is 5.82 Å². The summed E-state index contributed by atoms with van der Waals surface area (Å²) in [6.07, 6.45) is 3.46. The average Bonchev–Trinajstić information content (AvgIpc) is 3.27. The van der Waals surface area contributed by atoms with E-state index in [1.807, 2.05) is 25.1 Å². The number of benzene rings is 1. The highest BCUT2D eigenvalue weighted by molar-refractivity contribution is 5.95. The highest BCUT2D eigenvalue weighted by Crippen LogP contribution is 2.34. The molecule has 3 heterocycles. The molecule has 2 aliphatic rings. The van der Waals surface area contributed by atoms with Crippen molar-refractivity contribution in [1.29, 1.82) is 0 Å². The molecule has 3 amide bonds. The number of carbonyl (C=O) groups excluding carboxylic acids is 3. The van der Waals surface area contributed by atoms with E-state index in [-0.39, 0.29) is 30.3 Å². The van der Waals surface area contributed by atoms with Gasteiger partial charge in [0.25, 0.3) is 0 Å². The fourth-order valence-electron chi connectivity index (χ4n) is 4.50. The van der Waals surface area contributed by atoms with Crippen molar-refractivity contribution in [1.82, 2.24) is 20.2 Å². The number of fused-ring (bicyclic) bond motifs is 1. The average molecular weight is 436 g/mol. The predicted molar refractivity (Wildman–Crippen MR) is 120 cm³/mol. The number of anilines is 1. The fourth-order valence-corrected chi connectivity index (χ4v) is 4.50. The van der Waals surface area contributed by atoms with Crippen LogP contribution in [0.15, 0.2) is 30.3 Å². The Bertz CT molecular complexity index is 1020. The van der Waals surface area contributed by atoms with Crippen LogP contribution in [0.4, 0.5) is 5.82 Å². The van der Waals surface area contributed by atoms with Crippen LogP contribution >= 0.6 is 0 Å². The van der Waals surface area contributed by atoms with E-state index in [4.69, 9.17) is 9.97 Å². The highest BCUT2D eigenvalue weighted by atomic mass is 16.2. The molecule has 32 heavy (non-hydrogen) atoms. The molecule has 0 aliphatic carbocycles. The number of hydrogen-bond acceptors (Lipinski definition) is 5. The summed E-state index contributed by atoms with van der Waals surface area (Å²) in [5, 5.41) is 2.58. The lowest BCUT2D eigenvalue weighted by molar-refractivity contribution is -0.133. The van der Waals surface area contributed by atoms with Crippen LogP contribution in [0.5, 0.6) is 0 Å². The largest absolute Gasteiger partial charge is 0.347 e. The van der Waals surface area contributed by atoms with Crippen LogP contribution in [0.3, 0.4) is 0 Å². The number of nitrogens with one attached hydrogen (secondary N) is 1. The van der Waals surface area contributed by atoms with Gasteiger partial charge in [-0.2, -0.15) is 0 Å². The Morgan fingerprint density at radius 2 is 1.94 bits per heavy atom. The fraction of sp³-hybridized carbons (Fsp3) is 0.458. The molecule has 0 spiro atoms. The zero-order valence-electron chi connectivity index (χ0n) is 18.6. The van der Waals surface area contributed by atoms with Gasteiger partial charge in [-0.25, -0.2) is 9.97 Å². The first-order valence-electron chi connectivity index (χ1n) is 11.2. The van der Waals surface area contributed by atoms with Crippen molar-refractivity contribution in [3.05, 3.63) is 53.0 Å². The lowest BCUT2D eigenvalue weighted by Crippen LogP contribution is -2.41. The number of aromatic nitrogens is 2. The smallest absolute Gasteiger partial charge is 0.242 e. The van der Waals surface area contributed by atoms with Crippen LogP contribution in [-0.4, -0.2) is 52.2 Å². The normalized spacial score (nSPS) is 17.9. The Hall–Kier alpha value is -3.29. The third-order valence-electron chi connectivity index (χ3n) is 6.18. The molecule has 8 nitrogen and oxygen atoms in total. The number of carbonyl (C=O) groups is 3. The molecule has 0 saturated carbocycles. The molecule has 2 aromatic rings. The molecule has 1 fully saturated rings. The van der Waals surface area contributed by atoms with Gasteiger partial charge in [0.1, 0.15) is 5.82 Å². The number of amides is 3. The van der Waals surface area contributed by atoms with Gasteiger partial charge in [-0.05, 0) is 38.2 Å². The van der Waals surface area contributed by atoms with E-state index in [9.17, 15) is 14.4 Å². The van der Waals surface area contributed by atoms with Crippen molar-refractivity contribution in [2.45, 2.75) is 52.0 Å². The Morgan fingerprint density at radius 1 is 1.16 bits per heavy atom. The first-order valence-corrected chi connectivity index (χ1v) is 11.2. The van der Waals surface area contributed by atoms with Crippen LogP contribution in [0.25, 0.3) is 0 Å². The monoisotopic (exact) mass is 435 g/mol. The van der Waals surface area contributed by atoms with Crippen molar-refractivity contribution in [3.8, 4) is 0 Å². The van der Waals surface area contributed by atoms with E-state index >= 15 is 0 Å². The molecular formula is C24H29N5O3. The van der Waals surface area contributed by atoms with Gasteiger partial charge in [-0.1, -0.05) is 30.3 Å². The van der Waals surface area contributed by atoms with Gasteiger partial charge in [-0.3, -0.25) is 19.3 Å². The Labute approximate surface area is 188 Å². The molecule has 4 rings (SSSR count). The SMILES string of the molecule is CC(=O)NCC(=O)N1CCCC1c1nc(C)c2c(n1)N(CCc1ccccc1)C(=O)CC2. The summed E-state index contributed by atoms with van der Waals surface area (Å²) < 4.78 is 0. The summed E-state index contributed by atoms with van der Waals surface area (Å²) in [6, 6.07) is 9.85. The minimum absolute atomic E-state index is 0.0303. The molecule has 1 N–H and O–H groups in total. The maximum absolute atomic E-state index is 12.8. The van der Waals surface area contributed by atoms with Crippen LogP contribution in [0, 0.1) is 6.92 Å². The van der Waals surface area contributed by atoms with Crippen molar-refractivity contribution >= 4 is 23.5 Å². The van der Waals surface area contributed by atoms with E-state index < -0.39 is 0 Å². The first kappa shape index (κ1) is 21.9. The van der Waals surface area contributed by atoms with Crippen LogP contribution in [0.1, 0.15) is 54.9 Å². The molecular weight excluding hydrogens is 406 g/mol. The molecule has 1 unspecified atom stereocenters. The van der Waals surface area contributed by atoms with E-state index in [0.717, 1.165) is 30.5 Å². The Morgan fingerprint density at radius 3 is 2.69 bits per heavy atom. The molecule has 8 heteroatoms. The van der Waals surface area contributed by atoms with E-state index in [2.05, 4.69) is 17.4 Å². The second kappa shape index (κ2) is 9.46. The van der Waals surface area contributed by atoms with Gasteiger partial charge in [0.05, 0.1) is 12.6 Å². The summed E-state index contributed by atoms with van der Waals surface area (Å²) >= 11 is 0. The summed E-state index contributed by atoms with van der Waals surface area (Å²) in [6.45, 7) is 4.48. The molecule has 0 bridgehead atoms. The van der Waals surface area contributed by atoms with Gasteiger partial charge >= 0.3 is 0 Å². The maximum Gasteiger partial charge on any atom is 0.242 e. The van der Waals surface area contributed by atoms with Gasteiger partial charge in [-0.15, -0.1) is 0 Å². The Balaban J connectivity index is 1.59. The lowest BCUT2D eigenvalue weighted by atomic mass is 10.0. The van der Waals surface area contributed by atoms with Crippen LogP contribution < -0.4 is 10.2 Å². The second-order valence-corrected chi connectivity index (χ2v) is 8.41. The highest BCUT2D eigenvalue weighted by Gasteiger charge is 2.34. The zero-order valence-corrected chi connectivity index (χ0v) is 18.6. The zero-order chi connectivity index (χ0) is 22.7. The van der Waals surface area contributed by atoms with Crippen molar-refractivity contribution in [2.24, 2.45) is 0 Å². The van der Waals surface area contributed by atoms with E-state index in [1.165, 1.54) is 12.5 Å². The number of likely N-dealkylation sites (tertiary alicyclic amines) is 1. The lowest BCUT2D eigenvalue weighted by Gasteiger charge is -2.31. The molecule has 168 valence electrons. The molecule has 1 atom stereocenters. The summed E-state index contributed by atoms with van der Waals surface area (Å²) in [5.74, 6) is 0.957. The van der Waals surface area contributed by atoms with Crippen molar-refractivity contribution in [3.63, 3.8) is 0 Å². The molecule has 2 aliphatic heterocycles. The summed E-state index contributed by atoms with van der Waals surface area (Å²) in [4.78, 5) is 49.8. The van der Waals surface area contributed by atoms with Crippen LogP contribution in [-0.2, 0) is 27.2 Å². The quantitative estimate of drug-likeness (QED) is 0.750. The van der Waals surface area contributed by atoms with Crippen molar-refractivity contribution < 1.29 is 14.4 Å². The summed E-state index contributed by atoms with van der Waals surface area (Å²) in [5.41, 5.74) is 3.04. The number of rotatable bonds is 6. The third kappa shape index (κ3) is 4.64. The maximum atomic E-state index is 12.8. The van der Waals surface area contributed by atoms with Gasteiger partial charge in [0.2, 0.25) is 17.7 Å². The number of aryl methyl sites for hydroxylation is 1. The topological polar surface area (TPSA) is 95.5 Å².